The van der Waals surface area contributed by atoms with Crippen LogP contribution in [0, 0.1) is 5.92 Å². The lowest BCUT2D eigenvalue weighted by atomic mass is 9.99. The molecule has 8 heteroatoms. The second-order valence-electron chi connectivity index (χ2n) is 8.16. The molecule has 0 aliphatic carbocycles. The number of ether oxygens (including phenoxy) is 1. The Morgan fingerprint density at radius 3 is 2.56 bits per heavy atom. The van der Waals surface area contributed by atoms with Gasteiger partial charge in [0.1, 0.15) is 0 Å². The maximum Gasteiger partial charge on any atom is 0.416 e. The van der Waals surface area contributed by atoms with Gasteiger partial charge in [0.15, 0.2) is 0 Å². The van der Waals surface area contributed by atoms with Crippen molar-refractivity contribution in [2.75, 3.05) is 31.7 Å². The number of unbranched alkanes of at least 4 members (excludes halogenated alkanes) is 1. The summed E-state index contributed by atoms with van der Waals surface area (Å²) in [6.45, 7) is 1.51. The highest BCUT2D eigenvalue weighted by molar-refractivity contribution is 5.87. The summed E-state index contributed by atoms with van der Waals surface area (Å²) in [6, 6.07) is 11.5. The summed E-state index contributed by atoms with van der Waals surface area (Å²) in [4.78, 5) is 13.1. The molecule has 1 fully saturated rings. The van der Waals surface area contributed by atoms with E-state index in [1.807, 2.05) is 39.9 Å². The van der Waals surface area contributed by atoms with Crippen molar-refractivity contribution < 1.29 is 27.8 Å². The number of halogens is 3. The van der Waals surface area contributed by atoms with Gasteiger partial charge in [0.05, 0.1) is 17.0 Å². The van der Waals surface area contributed by atoms with Crippen molar-refractivity contribution in [2.45, 2.75) is 25.4 Å². The second kappa shape index (κ2) is 8.86. The van der Waals surface area contributed by atoms with Crippen molar-refractivity contribution in [3.8, 4) is 5.69 Å². The predicted molar refractivity (Wildman–Crippen MR) is 116 cm³/mol. The third-order valence-corrected chi connectivity index (χ3v) is 5.96. The zero-order valence-electron chi connectivity index (χ0n) is 17.7. The van der Waals surface area contributed by atoms with Crippen LogP contribution in [0.5, 0.6) is 0 Å². The van der Waals surface area contributed by atoms with Crippen LogP contribution in [0.3, 0.4) is 0 Å². The van der Waals surface area contributed by atoms with Gasteiger partial charge in [-0.25, -0.2) is 0 Å². The minimum atomic E-state index is -4.40. The average Bonchev–Trinajstić information content (AvgIpc) is 3.07. The van der Waals surface area contributed by atoms with Crippen LogP contribution in [0.15, 0.2) is 48.7 Å². The number of methoxy groups -OCH3 is 1. The lowest BCUT2D eigenvalue weighted by Crippen LogP contribution is -2.50. The molecule has 1 saturated heterocycles. The standard InChI is InChI=1S/C24H25F3N2O3/c1-32-10-3-2-5-16-15-29(22-9-8-18(11-21(16)22)24(25,26)27)20-7-4-6-19(12-20)28-13-17(14-28)23(30)31/h4,6-9,11-12,15,17H,2-3,5,10,13-14H2,1H3,(H,30,31). The number of aromatic nitrogens is 1. The topological polar surface area (TPSA) is 54.7 Å². The summed E-state index contributed by atoms with van der Waals surface area (Å²) < 4.78 is 47.0. The molecule has 2 aromatic carbocycles. The molecule has 1 aliphatic rings. The molecule has 1 aliphatic heterocycles. The third kappa shape index (κ3) is 4.46. The van der Waals surface area contributed by atoms with Gasteiger partial charge in [0, 0.05) is 49.8 Å². The number of hydrogen-bond acceptors (Lipinski definition) is 3. The Labute approximate surface area is 184 Å². The van der Waals surface area contributed by atoms with E-state index >= 15 is 0 Å². The van der Waals surface area contributed by atoms with Gasteiger partial charge in [-0.15, -0.1) is 0 Å². The summed E-state index contributed by atoms with van der Waals surface area (Å²) in [6.07, 6.45) is -0.195. The number of fused-ring (bicyclic) bond motifs is 1. The number of alkyl halides is 3. The van der Waals surface area contributed by atoms with Crippen LogP contribution in [0.1, 0.15) is 24.0 Å². The number of carbonyl (C=O) groups is 1. The fourth-order valence-corrected chi connectivity index (χ4v) is 4.13. The fourth-order valence-electron chi connectivity index (χ4n) is 4.13. The molecule has 2 heterocycles. The zero-order chi connectivity index (χ0) is 22.9. The lowest BCUT2D eigenvalue weighted by Gasteiger charge is -2.38. The quantitative estimate of drug-likeness (QED) is 0.487. The number of benzene rings is 2. The van der Waals surface area contributed by atoms with E-state index in [0.29, 0.717) is 37.0 Å². The fraction of sp³-hybridized carbons (Fsp3) is 0.375. The summed E-state index contributed by atoms with van der Waals surface area (Å²) >= 11 is 0. The second-order valence-corrected chi connectivity index (χ2v) is 8.16. The molecule has 0 spiro atoms. The molecule has 4 rings (SSSR count). The summed E-state index contributed by atoms with van der Waals surface area (Å²) in [5.74, 6) is -1.17. The van der Waals surface area contributed by atoms with Gasteiger partial charge in [0.25, 0.3) is 0 Å². The Balaban J connectivity index is 1.69. The van der Waals surface area contributed by atoms with Crippen LogP contribution in [0.25, 0.3) is 16.6 Å². The number of rotatable bonds is 8. The maximum absolute atomic E-state index is 13.3. The zero-order valence-corrected chi connectivity index (χ0v) is 17.7. The maximum atomic E-state index is 13.3. The number of aryl methyl sites for hydroxylation is 1. The lowest BCUT2D eigenvalue weighted by molar-refractivity contribution is -0.142. The molecule has 0 amide bonds. The molecular formula is C24H25F3N2O3. The first-order valence-corrected chi connectivity index (χ1v) is 10.6. The highest BCUT2D eigenvalue weighted by Crippen LogP contribution is 2.35. The first-order chi connectivity index (χ1) is 15.3. The van der Waals surface area contributed by atoms with Gasteiger partial charge in [-0.05, 0) is 61.2 Å². The number of hydrogen-bond donors (Lipinski definition) is 1. The minimum Gasteiger partial charge on any atom is -0.481 e. The smallest absolute Gasteiger partial charge is 0.416 e. The first-order valence-electron chi connectivity index (χ1n) is 10.6. The number of carboxylic acid groups (broad SMARTS) is 1. The monoisotopic (exact) mass is 446 g/mol. The van der Waals surface area contributed by atoms with Gasteiger partial charge < -0.3 is 19.3 Å². The Bertz CT molecular complexity index is 1120. The van der Waals surface area contributed by atoms with E-state index in [-0.39, 0.29) is 5.92 Å². The van der Waals surface area contributed by atoms with Gasteiger partial charge in [-0.1, -0.05) is 6.07 Å². The molecule has 3 aromatic rings. The molecule has 32 heavy (non-hydrogen) atoms. The van der Waals surface area contributed by atoms with E-state index in [9.17, 15) is 18.0 Å². The summed E-state index contributed by atoms with van der Waals surface area (Å²) in [5, 5.41) is 9.71. The van der Waals surface area contributed by atoms with Gasteiger partial charge in [0.2, 0.25) is 0 Å². The normalized spacial score (nSPS) is 14.7. The van der Waals surface area contributed by atoms with Crippen molar-refractivity contribution in [3.05, 3.63) is 59.8 Å². The molecule has 170 valence electrons. The van der Waals surface area contributed by atoms with Crippen molar-refractivity contribution in [1.82, 2.24) is 4.57 Å². The molecule has 0 unspecified atom stereocenters. The van der Waals surface area contributed by atoms with Gasteiger partial charge >= 0.3 is 12.1 Å². The van der Waals surface area contributed by atoms with Gasteiger partial charge in [-0.3, -0.25) is 4.79 Å². The van der Waals surface area contributed by atoms with Crippen LogP contribution < -0.4 is 4.90 Å². The largest absolute Gasteiger partial charge is 0.481 e. The predicted octanol–water partition coefficient (Wildman–Crippen LogP) is 5.14. The van der Waals surface area contributed by atoms with E-state index in [1.54, 1.807) is 7.11 Å². The van der Waals surface area contributed by atoms with E-state index in [1.165, 1.54) is 12.1 Å². The average molecular weight is 446 g/mol. The van der Waals surface area contributed by atoms with Crippen LogP contribution in [0.4, 0.5) is 18.9 Å². The summed E-state index contributed by atoms with van der Waals surface area (Å²) in [7, 11) is 1.63. The number of carboxylic acids is 1. The van der Waals surface area contributed by atoms with Gasteiger partial charge in [-0.2, -0.15) is 13.2 Å². The molecule has 0 atom stereocenters. The van der Waals surface area contributed by atoms with Crippen LogP contribution in [-0.2, 0) is 22.1 Å². The van der Waals surface area contributed by atoms with E-state index in [4.69, 9.17) is 9.84 Å². The number of aliphatic carboxylic acids is 1. The molecular weight excluding hydrogens is 421 g/mol. The Hall–Kier alpha value is -3.00. The Kier molecular flexibility index (Phi) is 6.15. The van der Waals surface area contributed by atoms with Crippen molar-refractivity contribution in [3.63, 3.8) is 0 Å². The van der Waals surface area contributed by atoms with Crippen LogP contribution in [0.2, 0.25) is 0 Å². The summed E-state index contributed by atoms with van der Waals surface area (Å²) in [5.41, 5.74) is 2.64. The number of nitrogens with zero attached hydrogens (tertiary/aromatic N) is 2. The highest BCUT2D eigenvalue weighted by Gasteiger charge is 2.33. The molecule has 1 N–H and O–H groups in total. The SMILES string of the molecule is COCCCCc1cn(-c2cccc(N3CC(C(=O)O)C3)c2)c2ccc(C(F)(F)F)cc12. The van der Waals surface area contributed by atoms with Crippen molar-refractivity contribution in [1.29, 1.82) is 0 Å². The van der Waals surface area contributed by atoms with E-state index < -0.39 is 17.7 Å². The highest BCUT2D eigenvalue weighted by atomic mass is 19.4. The third-order valence-electron chi connectivity index (χ3n) is 5.96. The molecule has 5 nitrogen and oxygen atoms in total. The number of anilines is 1. The van der Waals surface area contributed by atoms with Crippen LogP contribution >= 0.6 is 0 Å². The first kappa shape index (κ1) is 22.2. The van der Waals surface area contributed by atoms with Crippen molar-refractivity contribution >= 4 is 22.6 Å². The van der Waals surface area contributed by atoms with E-state index in [0.717, 1.165) is 35.8 Å². The molecule has 1 aromatic heterocycles. The Morgan fingerprint density at radius 2 is 1.88 bits per heavy atom. The van der Waals surface area contributed by atoms with Crippen molar-refractivity contribution in [2.24, 2.45) is 5.92 Å². The molecule has 0 bridgehead atoms. The molecule has 0 radical (unpaired) electrons. The van der Waals surface area contributed by atoms with E-state index in [2.05, 4.69) is 0 Å². The Morgan fingerprint density at radius 1 is 1.12 bits per heavy atom. The molecule has 0 saturated carbocycles. The van der Waals surface area contributed by atoms with Crippen LogP contribution in [-0.4, -0.2) is 42.4 Å². The minimum absolute atomic E-state index is 0.370.